The molecule has 0 saturated heterocycles. The van der Waals surface area contributed by atoms with Crippen LogP contribution in [-0.4, -0.2) is 26.3 Å². The number of hydrogen-bond donors (Lipinski definition) is 0. The number of halogens is 3. The molecule has 0 atom stereocenters. The Morgan fingerprint density at radius 2 is 1.72 bits per heavy atom. The summed E-state index contributed by atoms with van der Waals surface area (Å²) in [7, 11) is -3.81. The average molecular weight is 282 g/mol. The quantitative estimate of drug-likeness (QED) is 0.846. The van der Waals surface area contributed by atoms with Gasteiger partial charge in [-0.25, -0.2) is 8.42 Å². The smallest absolute Gasteiger partial charge is 0.406 e. The van der Waals surface area contributed by atoms with Crippen LogP contribution < -0.4 is 4.74 Å². The first-order valence-electron chi connectivity index (χ1n) is 4.68. The second-order valence-corrected chi connectivity index (χ2v) is 5.47. The van der Waals surface area contributed by atoms with Crippen LogP contribution >= 0.6 is 0 Å². The number of benzene rings is 1. The Morgan fingerprint density at radius 1 is 1.22 bits per heavy atom. The van der Waals surface area contributed by atoms with Gasteiger partial charge >= 0.3 is 6.36 Å². The molecule has 4 nitrogen and oxygen atoms in total. The molecule has 0 aromatic heterocycles. The predicted octanol–water partition coefficient (Wildman–Crippen LogP) is 1.95. The van der Waals surface area contributed by atoms with Crippen molar-refractivity contribution in [3.63, 3.8) is 0 Å². The molecule has 1 aromatic carbocycles. The zero-order chi connectivity index (χ0) is 14.0. The summed E-state index contributed by atoms with van der Waals surface area (Å²) < 4.78 is 62.3. The molecule has 0 aliphatic rings. The van der Waals surface area contributed by atoms with E-state index in [0.717, 1.165) is 31.2 Å². The standard InChI is InChI=1S/C10H9F3O4S/c1-7(14)6-18(15,16)9-4-2-8(3-5-9)17-10(11,12)13/h2-5H,6H2,1H3. The molecule has 0 heterocycles. The first kappa shape index (κ1) is 14.5. The monoisotopic (exact) mass is 282 g/mol. The Labute approximate surface area is 101 Å². The van der Waals surface area contributed by atoms with E-state index in [-0.39, 0.29) is 4.90 Å². The van der Waals surface area contributed by atoms with E-state index in [1.54, 1.807) is 0 Å². The van der Waals surface area contributed by atoms with Crippen LogP contribution in [0.4, 0.5) is 13.2 Å². The lowest BCUT2D eigenvalue weighted by molar-refractivity contribution is -0.274. The van der Waals surface area contributed by atoms with Crippen LogP contribution in [0.25, 0.3) is 0 Å². The van der Waals surface area contributed by atoms with Crippen molar-refractivity contribution in [2.45, 2.75) is 18.2 Å². The minimum absolute atomic E-state index is 0.229. The molecule has 0 saturated carbocycles. The number of alkyl halides is 3. The van der Waals surface area contributed by atoms with E-state index >= 15 is 0 Å². The Kier molecular flexibility index (Phi) is 4.00. The van der Waals surface area contributed by atoms with Crippen molar-refractivity contribution in [1.29, 1.82) is 0 Å². The largest absolute Gasteiger partial charge is 0.573 e. The summed E-state index contributed by atoms with van der Waals surface area (Å²) in [5.41, 5.74) is 0. The van der Waals surface area contributed by atoms with Crippen LogP contribution in [0.3, 0.4) is 0 Å². The van der Waals surface area contributed by atoms with Crippen LogP contribution in [0.2, 0.25) is 0 Å². The Hall–Kier alpha value is -1.57. The van der Waals surface area contributed by atoms with Gasteiger partial charge in [0.15, 0.2) is 9.84 Å². The molecule has 0 spiro atoms. The van der Waals surface area contributed by atoms with E-state index in [0.29, 0.717) is 0 Å². The van der Waals surface area contributed by atoms with Crippen LogP contribution in [0.1, 0.15) is 6.92 Å². The fraction of sp³-hybridized carbons (Fsp3) is 0.300. The second kappa shape index (κ2) is 4.97. The van der Waals surface area contributed by atoms with Gasteiger partial charge in [0, 0.05) is 0 Å². The van der Waals surface area contributed by atoms with E-state index in [9.17, 15) is 26.4 Å². The van der Waals surface area contributed by atoms with Crippen LogP contribution in [0.15, 0.2) is 29.2 Å². The highest BCUT2D eigenvalue weighted by Gasteiger charge is 2.31. The number of ketones is 1. The van der Waals surface area contributed by atoms with Crippen LogP contribution in [-0.2, 0) is 14.6 Å². The van der Waals surface area contributed by atoms with Gasteiger partial charge in [0.1, 0.15) is 17.3 Å². The zero-order valence-electron chi connectivity index (χ0n) is 9.19. The SMILES string of the molecule is CC(=O)CS(=O)(=O)c1ccc(OC(F)(F)F)cc1. The normalized spacial score (nSPS) is 12.2. The number of sulfone groups is 1. The molecule has 0 bridgehead atoms. The maximum atomic E-state index is 11.9. The van der Waals surface area contributed by atoms with Gasteiger partial charge in [0.25, 0.3) is 0 Å². The van der Waals surface area contributed by atoms with Crippen molar-refractivity contribution in [2.24, 2.45) is 0 Å². The Morgan fingerprint density at radius 3 is 2.11 bits per heavy atom. The molecule has 0 radical (unpaired) electrons. The minimum atomic E-state index is -4.83. The molecule has 1 aromatic rings. The third-order valence-corrected chi connectivity index (χ3v) is 3.59. The molecule has 8 heteroatoms. The van der Waals surface area contributed by atoms with E-state index < -0.39 is 33.5 Å². The zero-order valence-corrected chi connectivity index (χ0v) is 10.0. The molecule has 100 valence electrons. The van der Waals surface area contributed by atoms with E-state index in [4.69, 9.17) is 0 Å². The minimum Gasteiger partial charge on any atom is -0.406 e. The van der Waals surface area contributed by atoms with Crippen molar-refractivity contribution < 1.29 is 31.1 Å². The van der Waals surface area contributed by atoms with Crippen LogP contribution in [0, 0.1) is 0 Å². The summed E-state index contributed by atoms with van der Waals surface area (Å²) in [6.45, 7) is 1.11. The van der Waals surface area contributed by atoms with Gasteiger partial charge in [-0.15, -0.1) is 13.2 Å². The fourth-order valence-corrected chi connectivity index (χ4v) is 2.45. The maximum Gasteiger partial charge on any atom is 0.573 e. The van der Waals surface area contributed by atoms with Crippen molar-refractivity contribution in [2.75, 3.05) is 5.75 Å². The van der Waals surface area contributed by atoms with Gasteiger partial charge in [0.2, 0.25) is 0 Å². The van der Waals surface area contributed by atoms with Crippen molar-refractivity contribution >= 4 is 15.6 Å². The number of hydrogen-bond acceptors (Lipinski definition) is 4. The third-order valence-electron chi connectivity index (χ3n) is 1.81. The molecule has 0 aliphatic heterocycles. The number of carbonyl (C=O) groups excluding carboxylic acids is 1. The number of rotatable bonds is 4. The highest BCUT2D eigenvalue weighted by atomic mass is 32.2. The number of carbonyl (C=O) groups is 1. The average Bonchev–Trinajstić information content (AvgIpc) is 2.13. The van der Waals surface area contributed by atoms with Gasteiger partial charge < -0.3 is 4.74 Å². The van der Waals surface area contributed by atoms with E-state index in [1.165, 1.54) is 0 Å². The van der Waals surface area contributed by atoms with E-state index in [2.05, 4.69) is 4.74 Å². The molecule has 0 unspecified atom stereocenters. The van der Waals surface area contributed by atoms with Gasteiger partial charge in [-0.2, -0.15) is 0 Å². The van der Waals surface area contributed by atoms with Crippen molar-refractivity contribution in [3.05, 3.63) is 24.3 Å². The third kappa shape index (κ3) is 4.36. The van der Waals surface area contributed by atoms with Gasteiger partial charge in [-0.05, 0) is 31.2 Å². The summed E-state index contributed by atoms with van der Waals surface area (Å²) >= 11 is 0. The topological polar surface area (TPSA) is 60.4 Å². The molecule has 1 rings (SSSR count). The molecular weight excluding hydrogens is 273 g/mol. The fourth-order valence-electron chi connectivity index (χ4n) is 1.20. The summed E-state index contributed by atoms with van der Waals surface area (Å²) in [4.78, 5) is 10.5. The molecule has 0 fully saturated rings. The Bertz CT molecular complexity index is 531. The highest BCUT2D eigenvalue weighted by molar-refractivity contribution is 7.92. The van der Waals surface area contributed by atoms with Crippen LogP contribution in [0.5, 0.6) is 5.75 Å². The van der Waals surface area contributed by atoms with Gasteiger partial charge in [0.05, 0.1) is 4.90 Å². The predicted molar refractivity (Wildman–Crippen MR) is 55.9 cm³/mol. The lowest BCUT2D eigenvalue weighted by Crippen LogP contribution is -2.17. The highest BCUT2D eigenvalue weighted by Crippen LogP contribution is 2.24. The van der Waals surface area contributed by atoms with Gasteiger partial charge in [-0.1, -0.05) is 0 Å². The molecule has 0 aliphatic carbocycles. The summed E-state index contributed by atoms with van der Waals surface area (Å²) in [6, 6.07) is 3.67. The van der Waals surface area contributed by atoms with Gasteiger partial charge in [-0.3, -0.25) is 4.79 Å². The Balaban J connectivity index is 2.93. The summed E-state index contributed by atoms with van der Waals surface area (Å²) in [5.74, 6) is -1.76. The molecule has 18 heavy (non-hydrogen) atoms. The number of Topliss-reactive ketones (excluding diaryl/α,β-unsaturated/α-hetero) is 1. The molecule has 0 amide bonds. The summed E-state index contributed by atoms with van der Waals surface area (Å²) in [5, 5.41) is 0. The van der Waals surface area contributed by atoms with E-state index in [1.807, 2.05) is 0 Å². The van der Waals surface area contributed by atoms with Crippen molar-refractivity contribution in [3.8, 4) is 5.75 Å². The first-order chi connectivity index (χ1) is 8.10. The molecular formula is C10H9F3O4S. The van der Waals surface area contributed by atoms with Crippen molar-refractivity contribution in [1.82, 2.24) is 0 Å². The first-order valence-corrected chi connectivity index (χ1v) is 6.33. The maximum absolute atomic E-state index is 11.9. The number of ether oxygens (including phenoxy) is 1. The second-order valence-electron chi connectivity index (χ2n) is 3.48. The lowest BCUT2D eigenvalue weighted by Gasteiger charge is -2.09. The molecule has 0 N–H and O–H groups in total. The lowest BCUT2D eigenvalue weighted by atomic mass is 10.3. The summed E-state index contributed by atoms with van der Waals surface area (Å²) in [6.07, 6.45) is -4.83.